The van der Waals surface area contributed by atoms with Crippen molar-refractivity contribution in [1.82, 2.24) is 10.6 Å². The minimum absolute atomic E-state index is 0. The van der Waals surface area contributed by atoms with E-state index in [2.05, 4.69) is 36.4 Å². The highest BCUT2D eigenvalue weighted by atomic mass is 127. The molecule has 0 radical (unpaired) electrons. The molecule has 4 nitrogen and oxygen atoms in total. The summed E-state index contributed by atoms with van der Waals surface area (Å²) in [5.41, 5.74) is 0.0352. The van der Waals surface area contributed by atoms with Crippen LogP contribution >= 0.6 is 24.0 Å². The summed E-state index contributed by atoms with van der Waals surface area (Å²) in [6.07, 6.45) is 0. The van der Waals surface area contributed by atoms with Crippen LogP contribution in [0.2, 0.25) is 0 Å². The van der Waals surface area contributed by atoms with Crippen molar-refractivity contribution < 1.29 is 4.74 Å². The molecule has 0 aromatic rings. The molecular weight excluding hydrogens is 305 g/mol. The Morgan fingerprint density at radius 3 is 2.33 bits per heavy atom. The predicted molar refractivity (Wildman–Crippen MR) is 76.2 cm³/mol. The summed E-state index contributed by atoms with van der Waals surface area (Å²) in [4.78, 5) is 4.11. The number of ether oxygens (including phenoxy) is 1. The summed E-state index contributed by atoms with van der Waals surface area (Å²) in [5.74, 6) is 0.817. The van der Waals surface area contributed by atoms with Crippen molar-refractivity contribution in [2.45, 2.75) is 33.2 Å². The minimum Gasteiger partial charge on any atom is -0.380 e. The van der Waals surface area contributed by atoms with Crippen LogP contribution in [0.5, 0.6) is 0 Å². The number of nitrogens with one attached hydrogen (secondary N) is 2. The molecule has 0 unspecified atom stereocenters. The molecular formula is C10H24IN3O. The van der Waals surface area contributed by atoms with Crippen LogP contribution in [0.25, 0.3) is 0 Å². The number of guanidine groups is 1. The molecule has 0 rings (SSSR count). The average Bonchev–Trinajstić information content (AvgIpc) is 2.08. The lowest BCUT2D eigenvalue weighted by atomic mass is 10.1. The lowest BCUT2D eigenvalue weighted by Gasteiger charge is -2.23. The summed E-state index contributed by atoms with van der Waals surface area (Å²) < 4.78 is 5.21. The topological polar surface area (TPSA) is 45.6 Å². The molecule has 0 fully saturated rings. The van der Waals surface area contributed by atoms with Crippen LogP contribution in [0.15, 0.2) is 4.99 Å². The molecule has 0 aromatic carbocycles. The third kappa shape index (κ3) is 11.9. The number of nitrogens with zero attached hydrogens (tertiary/aromatic N) is 1. The smallest absolute Gasteiger partial charge is 0.191 e. The Bertz CT molecular complexity index is 178. The molecule has 0 heterocycles. The van der Waals surface area contributed by atoms with Crippen molar-refractivity contribution in [3.05, 3.63) is 0 Å². The highest BCUT2D eigenvalue weighted by Crippen LogP contribution is 1.97. The van der Waals surface area contributed by atoms with Gasteiger partial charge >= 0.3 is 0 Å². The van der Waals surface area contributed by atoms with Gasteiger partial charge in [0.1, 0.15) is 0 Å². The van der Waals surface area contributed by atoms with Crippen molar-refractivity contribution in [3.63, 3.8) is 0 Å². The molecule has 0 atom stereocenters. The number of hydrogen-bond donors (Lipinski definition) is 2. The number of aliphatic imine (C=N–C) groups is 1. The molecule has 0 aliphatic carbocycles. The maximum atomic E-state index is 5.21. The standard InChI is InChI=1S/C10H23N3O.HI/c1-6-14-8-7-12-9(11-5)13-10(2,3)4;/h6-8H2,1-5H3,(H2,11,12,13);1H. The van der Waals surface area contributed by atoms with E-state index in [0.29, 0.717) is 6.61 Å². The Morgan fingerprint density at radius 1 is 1.33 bits per heavy atom. The fraction of sp³-hybridized carbons (Fsp3) is 0.900. The van der Waals surface area contributed by atoms with Crippen LogP contribution < -0.4 is 10.6 Å². The Morgan fingerprint density at radius 2 is 1.93 bits per heavy atom. The highest BCUT2D eigenvalue weighted by molar-refractivity contribution is 14.0. The summed E-state index contributed by atoms with van der Waals surface area (Å²) in [6.45, 7) is 10.5. The van der Waals surface area contributed by atoms with E-state index >= 15 is 0 Å². The van der Waals surface area contributed by atoms with Gasteiger partial charge in [0, 0.05) is 25.7 Å². The minimum atomic E-state index is 0. The van der Waals surface area contributed by atoms with E-state index in [-0.39, 0.29) is 29.5 Å². The zero-order valence-electron chi connectivity index (χ0n) is 10.4. The molecule has 0 saturated carbocycles. The highest BCUT2D eigenvalue weighted by Gasteiger charge is 2.10. The van der Waals surface area contributed by atoms with Gasteiger partial charge in [0.25, 0.3) is 0 Å². The Labute approximate surface area is 110 Å². The molecule has 2 N–H and O–H groups in total. The lowest BCUT2D eigenvalue weighted by molar-refractivity contribution is 0.152. The van der Waals surface area contributed by atoms with E-state index < -0.39 is 0 Å². The molecule has 0 saturated heterocycles. The van der Waals surface area contributed by atoms with Crippen LogP contribution in [0.1, 0.15) is 27.7 Å². The third-order valence-electron chi connectivity index (χ3n) is 1.46. The van der Waals surface area contributed by atoms with Gasteiger partial charge in [-0.15, -0.1) is 24.0 Å². The SMILES string of the molecule is CCOCCNC(=NC)NC(C)(C)C.I. The molecule has 92 valence electrons. The fourth-order valence-corrected chi connectivity index (χ4v) is 0.920. The first-order valence-electron chi connectivity index (χ1n) is 5.06. The van der Waals surface area contributed by atoms with Gasteiger partial charge < -0.3 is 15.4 Å². The van der Waals surface area contributed by atoms with Crippen LogP contribution in [0.3, 0.4) is 0 Å². The Balaban J connectivity index is 0. The van der Waals surface area contributed by atoms with E-state index in [9.17, 15) is 0 Å². The molecule has 15 heavy (non-hydrogen) atoms. The van der Waals surface area contributed by atoms with Gasteiger partial charge in [0.2, 0.25) is 0 Å². The van der Waals surface area contributed by atoms with Crippen molar-refractivity contribution in [3.8, 4) is 0 Å². The first-order valence-corrected chi connectivity index (χ1v) is 5.06. The number of hydrogen-bond acceptors (Lipinski definition) is 2. The normalized spacial score (nSPS) is 11.9. The van der Waals surface area contributed by atoms with Crippen molar-refractivity contribution in [2.75, 3.05) is 26.8 Å². The molecule has 0 aliphatic heterocycles. The van der Waals surface area contributed by atoms with Crippen LogP contribution in [0, 0.1) is 0 Å². The number of rotatable bonds is 4. The van der Waals surface area contributed by atoms with Crippen LogP contribution in [0.4, 0.5) is 0 Å². The van der Waals surface area contributed by atoms with Crippen molar-refractivity contribution >= 4 is 29.9 Å². The zero-order chi connectivity index (χ0) is 11.0. The first-order chi connectivity index (χ1) is 6.49. The van der Waals surface area contributed by atoms with Gasteiger partial charge in [0.05, 0.1) is 6.61 Å². The summed E-state index contributed by atoms with van der Waals surface area (Å²) in [5, 5.41) is 6.44. The van der Waals surface area contributed by atoms with Crippen LogP contribution in [-0.2, 0) is 4.74 Å². The summed E-state index contributed by atoms with van der Waals surface area (Å²) in [7, 11) is 1.77. The second-order valence-electron chi connectivity index (χ2n) is 4.07. The van der Waals surface area contributed by atoms with Gasteiger partial charge in [0.15, 0.2) is 5.96 Å². The first kappa shape index (κ1) is 17.4. The van der Waals surface area contributed by atoms with Crippen LogP contribution in [-0.4, -0.2) is 38.3 Å². The Hall–Kier alpha value is -0.0400. The van der Waals surface area contributed by atoms with Gasteiger partial charge in [-0.1, -0.05) is 0 Å². The lowest BCUT2D eigenvalue weighted by Crippen LogP contribution is -2.48. The van der Waals surface area contributed by atoms with Gasteiger partial charge in [-0.25, -0.2) is 0 Å². The van der Waals surface area contributed by atoms with Gasteiger partial charge in [-0.2, -0.15) is 0 Å². The molecule has 0 aliphatic rings. The van der Waals surface area contributed by atoms with Crippen molar-refractivity contribution in [2.24, 2.45) is 4.99 Å². The molecule has 0 spiro atoms. The second kappa shape index (κ2) is 9.21. The summed E-state index contributed by atoms with van der Waals surface area (Å²) in [6, 6.07) is 0. The third-order valence-corrected chi connectivity index (χ3v) is 1.46. The second-order valence-corrected chi connectivity index (χ2v) is 4.07. The predicted octanol–water partition coefficient (Wildman–Crippen LogP) is 1.60. The van der Waals surface area contributed by atoms with E-state index in [1.807, 2.05) is 6.92 Å². The molecule has 5 heteroatoms. The average molecular weight is 329 g/mol. The summed E-state index contributed by atoms with van der Waals surface area (Å²) >= 11 is 0. The Kier molecular flexibility index (Phi) is 10.7. The molecule has 0 aromatic heterocycles. The van der Waals surface area contributed by atoms with Gasteiger partial charge in [-0.3, -0.25) is 4.99 Å². The van der Waals surface area contributed by atoms with Gasteiger partial charge in [-0.05, 0) is 27.7 Å². The fourth-order valence-electron chi connectivity index (χ4n) is 0.920. The van der Waals surface area contributed by atoms with E-state index in [1.165, 1.54) is 0 Å². The number of halogens is 1. The largest absolute Gasteiger partial charge is 0.380 e. The molecule has 0 bridgehead atoms. The monoisotopic (exact) mass is 329 g/mol. The maximum absolute atomic E-state index is 5.21. The maximum Gasteiger partial charge on any atom is 0.191 e. The zero-order valence-corrected chi connectivity index (χ0v) is 12.7. The van der Waals surface area contributed by atoms with E-state index in [0.717, 1.165) is 19.1 Å². The molecule has 0 amide bonds. The van der Waals surface area contributed by atoms with E-state index in [4.69, 9.17) is 4.74 Å². The van der Waals surface area contributed by atoms with E-state index in [1.54, 1.807) is 7.05 Å². The van der Waals surface area contributed by atoms with Crippen molar-refractivity contribution in [1.29, 1.82) is 0 Å². The quantitative estimate of drug-likeness (QED) is 0.356.